The first-order valence-corrected chi connectivity index (χ1v) is 8.56. The quantitative estimate of drug-likeness (QED) is 0.461. The van der Waals surface area contributed by atoms with Gasteiger partial charge in [0.1, 0.15) is 0 Å². The Labute approximate surface area is 127 Å². The fourth-order valence-electron chi connectivity index (χ4n) is 2.14. The third-order valence-electron chi connectivity index (χ3n) is 3.34. The second-order valence-electron chi connectivity index (χ2n) is 5.13. The highest BCUT2D eigenvalue weighted by Gasteiger charge is 2.15. The third-order valence-corrected chi connectivity index (χ3v) is 3.96. The van der Waals surface area contributed by atoms with Crippen LogP contribution in [0.25, 0.3) is 0 Å². The van der Waals surface area contributed by atoms with Gasteiger partial charge >= 0.3 is 0 Å². The van der Waals surface area contributed by atoms with Gasteiger partial charge in [-0.2, -0.15) is 11.8 Å². The average Bonchev–Trinajstić information content (AvgIpc) is 2.46. The van der Waals surface area contributed by atoms with Crippen molar-refractivity contribution in [2.24, 2.45) is 10.9 Å². The Hall–Kier alpha value is -1.16. The topological polar surface area (TPSA) is 36.4 Å². The third kappa shape index (κ3) is 5.87. The zero-order valence-corrected chi connectivity index (χ0v) is 13.8. The molecule has 20 heavy (non-hydrogen) atoms. The van der Waals surface area contributed by atoms with Gasteiger partial charge in [-0.05, 0) is 17.7 Å². The number of rotatable bonds is 7. The number of hydrogen-bond acceptors (Lipinski definition) is 2. The van der Waals surface area contributed by atoms with Crippen molar-refractivity contribution in [2.75, 3.05) is 32.1 Å². The number of nitrogens with one attached hydrogen (secondary N) is 2. The van der Waals surface area contributed by atoms with Gasteiger partial charge in [0.05, 0.1) is 0 Å². The van der Waals surface area contributed by atoms with Crippen molar-refractivity contribution in [2.45, 2.75) is 19.8 Å². The molecule has 1 atom stereocenters. The SMILES string of the molecule is CN=C(NCCSC)NCC(c1ccccc1)C(C)C. The molecule has 0 aliphatic heterocycles. The molecule has 0 fully saturated rings. The van der Waals surface area contributed by atoms with Crippen molar-refractivity contribution in [1.29, 1.82) is 0 Å². The summed E-state index contributed by atoms with van der Waals surface area (Å²) in [5, 5.41) is 6.77. The van der Waals surface area contributed by atoms with Crippen LogP contribution in [0.15, 0.2) is 35.3 Å². The van der Waals surface area contributed by atoms with Gasteiger partial charge in [-0.3, -0.25) is 4.99 Å². The molecule has 0 saturated heterocycles. The molecule has 0 heterocycles. The Bertz CT molecular complexity index is 390. The van der Waals surface area contributed by atoms with E-state index in [0.29, 0.717) is 11.8 Å². The first-order valence-electron chi connectivity index (χ1n) is 7.17. The van der Waals surface area contributed by atoms with E-state index in [1.807, 2.05) is 18.8 Å². The fraction of sp³-hybridized carbons (Fsp3) is 0.562. The van der Waals surface area contributed by atoms with Crippen LogP contribution in [0.1, 0.15) is 25.3 Å². The maximum atomic E-state index is 4.27. The number of thioether (sulfide) groups is 1. The minimum Gasteiger partial charge on any atom is -0.356 e. The fourth-order valence-corrected chi connectivity index (χ4v) is 2.44. The van der Waals surface area contributed by atoms with E-state index < -0.39 is 0 Å². The van der Waals surface area contributed by atoms with Crippen LogP contribution in [0.5, 0.6) is 0 Å². The van der Waals surface area contributed by atoms with E-state index in [-0.39, 0.29) is 0 Å². The van der Waals surface area contributed by atoms with E-state index in [9.17, 15) is 0 Å². The molecule has 4 heteroatoms. The van der Waals surface area contributed by atoms with Crippen molar-refractivity contribution in [3.8, 4) is 0 Å². The lowest BCUT2D eigenvalue weighted by molar-refractivity contribution is 0.488. The van der Waals surface area contributed by atoms with Crippen LogP contribution < -0.4 is 10.6 Å². The number of nitrogens with zero attached hydrogens (tertiary/aromatic N) is 1. The molecule has 0 aliphatic rings. The van der Waals surface area contributed by atoms with Crippen molar-refractivity contribution in [3.63, 3.8) is 0 Å². The molecule has 0 aromatic heterocycles. The Morgan fingerprint density at radius 1 is 1.20 bits per heavy atom. The van der Waals surface area contributed by atoms with Gasteiger partial charge in [-0.25, -0.2) is 0 Å². The highest BCUT2D eigenvalue weighted by molar-refractivity contribution is 7.98. The summed E-state index contributed by atoms with van der Waals surface area (Å²) >= 11 is 1.83. The van der Waals surface area contributed by atoms with Gasteiger partial charge in [0, 0.05) is 31.8 Å². The maximum absolute atomic E-state index is 4.27. The van der Waals surface area contributed by atoms with E-state index in [4.69, 9.17) is 0 Å². The van der Waals surface area contributed by atoms with Crippen LogP contribution >= 0.6 is 11.8 Å². The molecular formula is C16H27N3S. The normalized spacial score (nSPS) is 13.3. The number of aliphatic imine (C=N–C) groups is 1. The monoisotopic (exact) mass is 293 g/mol. The molecule has 1 unspecified atom stereocenters. The molecule has 1 aromatic carbocycles. The standard InChI is InChI=1S/C16H27N3S/c1-13(2)15(14-8-6-5-7-9-14)12-19-16(17-3)18-10-11-20-4/h5-9,13,15H,10-12H2,1-4H3,(H2,17,18,19). The number of benzene rings is 1. The first kappa shape index (κ1) is 16.9. The maximum Gasteiger partial charge on any atom is 0.191 e. The molecule has 0 radical (unpaired) electrons. The van der Waals surface area contributed by atoms with E-state index in [2.05, 4.69) is 66.1 Å². The predicted molar refractivity (Wildman–Crippen MR) is 91.8 cm³/mol. The van der Waals surface area contributed by atoms with Crippen molar-refractivity contribution in [1.82, 2.24) is 10.6 Å². The van der Waals surface area contributed by atoms with Gasteiger partial charge in [0.25, 0.3) is 0 Å². The number of hydrogen-bond donors (Lipinski definition) is 2. The summed E-state index contributed by atoms with van der Waals surface area (Å²) in [6.45, 7) is 6.38. The molecular weight excluding hydrogens is 266 g/mol. The lowest BCUT2D eigenvalue weighted by atomic mass is 9.88. The van der Waals surface area contributed by atoms with E-state index in [0.717, 1.165) is 24.8 Å². The summed E-state index contributed by atoms with van der Waals surface area (Å²) in [5.41, 5.74) is 1.38. The molecule has 0 aliphatic carbocycles. The molecule has 3 nitrogen and oxygen atoms in total. The molecule has 0 saturated carbocycles. The average molecular weight is 293 g/mol. The van der Waals surface area contributed by atoms with Gasteiger partial charge in [0.15, 0.2) is 5.96 Å². The smallest absolute Gasteiger partial charge is 0.191 e. The predicted octanol–water partition coefficient (Wildman–Crippen LogP) is 2.95. The Morgan fingerprint density at radius 3 is 2.45 bits per heavy atom. The first-order chi connectivity index (χ1) is 9.69. The Morgan fingerprint density at radius 2 is 1.90 bits per heavy atom. The van der Waals surface area contributed by atoms with Gasteiger partial charge in [0.2, 0.25) is 0 Å². The van der Waals surface area contributed by atoms with Crippen molar-refractivity contribution in [3.05, 3.63) is 35.9 Å². The summed E-state index contributed by atoms with van der Waals surface area (Å²) in [4.78, 5) is 4.27. The van der Waals surface area contributed by atoms with Crippen LogP contribution in [-0.4, -0.2) is 38.1 Å². The Balaban J connectivity index is 2.54. The van der Waals surface area contributed by atoms with E-state index >= 15 is 0 Å². The summed E-state index contributed by atoms with van der Waals surface area (Å²) < 4.78 is 0. The van der Waals surface area contributed by atoms with Gasteiger partial charge < -0.3 is 10.6 Å². The highest BCUT2D eigenvalue weighted by atomic mass is 32.2. The summed E-state index contributed by atoms with van der Waals surface area (Å²) in [5.74, 6) is 3.07. The van der Waals surface area contributed by atoms with Crippen LogP contribution in [0.2, 0.25) is 0 Å². The molecule has 1 aromatic rings. The molecule has 2 N–H and O–H groups in total. The van der Waals surface area contributed by atoms with Gasteiger partial charge in [-0.15, -0.1) is 0 Å². The van der Waals surface area contributed by atoms with Crippen molar-refractivity contribution < 1.29 is 0 Å². The van der Waals surface area contributed by atoms with E-state index in [1.54, 1.807) is 0 Å². The molecule has 1 rings (SSSR count). The summed E-state index contributed by atoms with van der Waals surface area (Å²) in [6.07, 6.45) is 2.11. The highest BCUT2D eigenvalue weighted by Crippen LogP contribution is 2.23. The largest absolute Gasteiger partial charge is 0.356 e. The second kappa shape index (κ2) is 9.70. The zero-order chi connectivity index (χ0) is 14.8. The van der Waals surface area contributed by atoms with Crippen molar-refractivity contribution >= 4 is 17.7 Å². The van der Waals surface area contributed by atoms with Crippen LogP contribution in [-0.2, 0) is 0 Å². The lowest BCUT2D eigenvalue weighted by Gasteiger charge is -2.23. The minimum absolute atomic E-state index is 0.496. The van der Waals surface area contributed by atoms with E-state index in [1.165, 1.54) is 5.56 Å². The summed E-state index contributed by atoms with van der Waals surface area (Å²) in [6, 6.07) is 10.7. The lowest BCUT2D eigenvalue weighted by Crippen LogP contribution is -2.40. The molecule has 0 amide bonds. The van der Waals surface area contributed by atoms with Crippen LogP contribution in [0.4, 0.5) is 0 Å². The number of guanidine groups is 1. The Kier molecular flexibility index (Phi) is 8.19. The minimum atomic E-state index is 0.496. The molecule has 112 valence electrons. The zero-order valence-electron chi connectivity index (χ0n) is 13.0. The van der Waals surface area contributed by atoms with Gasteiger partial charge in [-0.1, -0.05) is 44.2 Å². The molecule has 0 bridgehead atoms. The van der Waals surface area contributed by atoms with Crippen LogP contribution in [0.3, 0.4) is 0 Å². The molecule has 0 spiro atoms. The second-order valence-corrected chi connectivity index (χ2v) is 6.12. The van der Waals surface area contributed by atoms with Crippen LogP contribution in [0, 0.1) is 5.92 Å². The summed E-state index contributed by atoms with van der Waals surface area (Å²) in [7, 11) is 1.82.